The van der Waals surface area contributed by atoms with Crippen LogP contribution in [0.25, 0.3) is 0 Å². The SMILES string of the molecule is CC(C)CCC[C@@H](C)[C@H]1CC[C@H]2[C@@H]3CC=C4C[C@@H](CC=O)CC[C@]4(C)[C@H]3CC[C@]12C. The molecule has 3 saturated carbocycles. The second-order valence-corrected chi connectivity index (χ2v) is 12.8. The van der Waals surface area contributed by atoms with Gasteiger partial charge < -0.3 is 4.79 Å². The Kier molecular flexibility index (Phi) is 6.59. The molecule has 170 valence electrons. The number of hydrogen-bond acceptors (Lipinski definition) is 1. The van der Waals surface area contributed by atoms with E-state index in [1.165, 1.54) is 70.6 Å². The first-order chi connectivity index (χ1) is 14.3. The van der Waals surface area contributed by atoms with E-state index in [1.807, 2.05) is 0 Å². The van der Waals surface area contributed by atoms with E-state index in [1.54, 1.807) is 5.57 Å². The highest BCUT2D eigenvalue weighted by atomic mass is 16.1. The summed E-state index contributed by atoms with van der Waals surface area (Å²) >= 11 is 0. The van der Waals surface area contributed by atoms with Crippen LogP contribution in [0.2, 0.25) is 0 Å². The number of carbonyl (C=O) groups excluding carboxylic acids is 1. The number of hydrogen-bond donors (Lipinski definition) is 0. The van der Waals surface area contributed by atoms with Crippen LogP contribution in [0.4, 0.5) is 0 Å². The molecular weight excluding hydrogens is 364 g/mol. The van der Waals surface area contributed by atoms with Crippen LogP contribution in [0.1, 0.15) is 112 Å². The fraction of sp³-hybridized carbons (Fsp3) is 0.897. The Morgan fingerprint density at radius 1 is 1.03 bits per heavy atom. The molecule has 0 radical (unpaired) electrons. The Balaban J connectivity index is 1.47. The summed E-state index contributed by atoms with van der Waals surface area (Å²) in [5.74, 6) is 6.11. The lowest BCUT2D eigenvalue weighted by atomic mass is 9.46. The van der Waals surface area contributed by atoms with Gasteiger partial charge in [-0.2, -0.15) is 0 Å². The van der Waals surface area contributed by atoms with E-state index < -0.39 is 0 Å². The third kappa shape index (κ3) is 3.86. The van der Waals surface area contributed by atoms with Crippen LogP contribution in [0.3, 0.4) is 0 Å². The lowest BCUT2D eigenvalue weighted by Crippen LogP contribution is -2.50. The molecule has 0 amide bonds. The van der Waals surface area contributed by atoms with Crippen molar-refractivity contribution in [2.75, 3.05) is 0 Å². The average Bonchev–Trinajstić information content (AvgIpc) is 3.05. The van der Waals surface area contributed by atoms with Crippen LogP contribution in [-0.4, -0.2) is 6.29 Å². The summed E-state index contributed by atoms with van der Waals surface area (Å²) in [6.45, 7) is 12.6. The summed E-state index contributed by atoms with van der Waals surface area (Å²) in [4.78, 5) is 11.1. The maximum atomic E-state index is 11.1. The van der Waals surface area contributed by atoms with Crippen molar-refractivity contribution in [2.24, 2.45) is 52.3 Å². The first kappa shape index (κ1) is 22.6. The smallest absolute Gasteiger partial charge is 0.120 e. The highest BCUT2D eigenvalue weighted by Gasteiger charge is 2.59. The fourth-order valence-corrected chi connectivity index (χ4v) is 9.10. The van der Waals surface area contributed by atoms with Gasteiger partial charge in [0, 0.05) is 6.42 Å². The summed E-state index contributed by atoms with van der Waals surface area (Å²) in [7, 11) is 0. The molecule has 3 fully saturated rings. The van der Waals surface area contributed by atoms with E-state index in [0.29, 0.717) is 16.7 Å². The van der Waals surface area contributed by atoms with E-state index in [-0.39, 0.29) is 0 Å². The van der Waals surface area contributed by atoms with Gasteiger partial charge in [-0.1, -0.05) is 65.5 Å². The van der Waals surface area contributed by atoms with Gasteiger partial charge in [0.15, 0.2) is 0 Å². The molecule has 1 nitrogen and oxygen atoms in total. The van der Waals surface area contributed by atoms with Crippen molar-refractivity contribution in [1.82, 2.24) is 0 Å². The molecule has 0 heterocycles. The van der Waals surface area contributed by atoms with Gasteiger partial charge in [-0.3, -0.25) is 0 Å². The average molecular weight is 413 g/mol. The van der Waals surface area contributed by atoms with Crippen molar-refractivity contribution >= 4 is 6.29 Å². The zero-order chi connectivity index (χ0) is 21.5. The lowest BCUT2D eigenvalue weighted by Gasteiger charge is -2.58. The highest BCUT2D eigenvalue weighted by molar-refractivity contribution is 5.50. The predicted molar refractivity (Wildman–Crippen MR) is 127 cm³/mol. The van der Waals surface area contributed by atoms with Gasteiger partial charge in [-0.15, -0.1) is 0 Å². The monoisotopic (exact) mass is 412 g/mol. The largest absolute Gasteiger partial charge is 0.303 e. The molecular formula is C29H48O. The van der Waals surface area contributed by atoms with Crippen LogP contribution >= 0.6 is 0 Å². The molecule has 30 heavy (non-hydrogen) atoms. The molecule has 0 aliphatic heterocycles. The van der Waals surface area contributed by atoms with Crippen LogP contribution in [0.15, 0.2) is 11.6 Å². The van der Waals surface area contributed by atoms with Crippen LogP contribution in [-0.2, 0) is 4.79 Å². The summed E-state index contributed by atoms with van der Waals surface area (Å²) in [5.41, 5.74) is 2.77. The van der Waals surface area contributed by atoms with Crippen LogP contribution in [0, 0.1) is 52.3 Å². The van der Waals surface area contributed by atoms with E-state index in [9.17, 15) is 4.79 Å². The number of allylic oxidation sites excluding steroid dienone is 2. The van der Waals surface area contributed by atoms with Crippen molar-refractivity contribution in [1.29, 1.82) is 0 Å². The van der Waals surface area contributed by atoms with Gasteiger partial charge in [-0.25, -0.2) is 0 Å². The second kappa shape index (κ2) is 8.74. The molecule has 4 aliphatic carbocycles. The minimum atomic E-state index is 0.435. The third-order valence-electron chi connectivity index (χ3n) is 10.8. The Bertz CT molecular complexity index is 647. The Labute approximate surface area is 186 Å². The van der Waals surface area contributed by atoms with Crippen molar-refractivity contribution in [3.8, 4) is 0 Å². The fourth-order valence-electron chi connectivity index (χ4n) is 9.10. The molecule has 0 aromatic heterocycles. The molecule has 0 aromatic carbocycles. The van der Waals surface area contributed by atoms with Crippen molar-refractivity contribution in [3.63, 3.8) is 0 Å². The second-order valence-electron chi connectivity index (χ2n) is 12.8. The summed E-state index contributed by atoms with van der Waals surface area (Å²) < 4.78 is 0. The summed E-state index contributed by atoms with van der Waals surface area (Å²) in [6.07, 6.45) is 19.9. The number of rotatable bonds is 7. The van der Waals surface area contributed by atoms with E-state index in [0.717, 1.165) is 48.2 Å². The number of fused-ring (bicyclic) bond motifs is 5. The Morgan fingerprint density at radius 2 is 1.83 bits per heavy atom. The topological polar surface area (TPSA) is 17.1 Å². The molecule has 0 bridgehead atoms. The maximum Gasteiger partial charge on any atom is 0.120 e. The number of carbonyl (C=O) groups is 1. The van der Waals surface area contributed by atoms with Gasteiger partial charge in [0.25, 0.3) is 0 Å². The normalized spacial score (nSPS) is 44.1. The molecule has 0 saturated heterocycles. The summed E-state index contributed by atoms with van der Waals surface area (Å²) in [6, 6.07) is 0. The van der Waals surface area contributed by atoms with E-state index in [4.69, 9.17) is 0 Å². The lowest BCUT2D eigenvalue weighted by molar-refractivity contribution is -0.109. The molecule has 4 aliphatic rings. The molecule has 0 aromatic rings. The summed E-state index contributed by atoms with van der Waals surface area (Å²) in [5, 5.41) is 0. The molecule has 0 spiro atoms. The van der Waals surface area contributed by atoms with Crippen LogP contribution in [0.5, 0.6) is 0 Å². The van der Waals surface area contributed by atoms with Crippen molar-refractivity contribution in [3.05, 3.63) is 11.6 Å². The number of aldehydes is 1. The Hall–Kier alpha value is -0.590. The molecule has 8 atom stereocenters. The van der Waals surface area contributed by atoms with E-state index >= 15 is 0 Å². The van der Waals surface area contributed by atoms with E-state index in [2.05, 4.69) is 40.7 Å². The van der Waals surface area contributed by atoms with Crippen LogP contribution < -0.4 is 0 Å². The molecule has 0 unspecified atom stereocenters. The van der Waals surface area contributed by atoms with Gasteiger partial charge >= 0.3 is 0 Å². The van der Waals surface area contributed by atoms with Crippen molar-refractivity contribution < 1.29 is 4.79 Å². The maximum absolute atomic E-state index is 11.1. The minimum absolute atomic E-state index is 0.435. The minimum Gasteiger partial charge on any atom is -0.303 e. The Morgan fingerprint density at radius 3 is 2.57 bits per heavy atom. The van der Waals surface area contributed by atoms with Gasteiger partial charge in [0.2, 0.25) is 0 Å². The molecule has 0 N–H and O–H groups in total. The zero-order valence-corrected chi connectivity index (χ0v) is 20.6. The third-order valence-corrected chi connectivity index (χ3v) is 10.8. The molecule has 1 heteroatoms. The van der Waals surface area contributed by atoms with Gasteiger partial charge in [-0.05, 0) is 104 Å². The van der Waals surface area contributed by atoms with Crippen molar-refractivity contribution in [2.45, 2.75) is 112 Å². The van der Waals surface area contributed by atoms with Gasteiger partial charge in [0.1, 0.15) is 6.29 Å². The first-order valence-corrected chi connectivity index (χ1v) is 13.4. The predicted octanol–water partition coefficient (Wildman–Crippen LogP) is 8.23. The first-order valence-electron chi connectivity index (χ1n) is 13.4. The standard InChI is InChI=1S/C29H48O/c1-20(2)7-6-8-21(3)25-11-12-26-24-10-9-23-19-22(15-18-30)13-16-28(23,4)27(24)14-17-29(25,26)5/h9,18,20-22,24-27H,6-8,10-17,19H2,1-5H3/t21-,22-,24+,25-,26+,27+,28+,29-/m1/s1. The van der Waals surface area contributed by atoms with Gasteiger partial charge in [0.05, 0.1) is 0 Å². The quantitative estimate of drug-likeness (QED) is 0.304. The zero-order valence-electron chi connectivity index (χ0n) is 20.6. The highest BCUT2D eigenvalue weighted by Crippen LogP contribution is 2.67. The molecule has 4 rings (SSSR count).